The fourth-order valence-corrected chi connectivity index (χ4v) is 1.93. The first-order chi connectivity index (χ1) is 8.19. The first kappa shape index (κ1) is 14.0. The zero-order valence-corrected chi connectivity index (χ0v) is 11.5. The monoisotopic (exact) mass is 235 g/mol. The van der Waals surface area contributed by atoms with Crippen LogP contribution in [0.1, 0.15) is 39.7 Å². The standard InChI is InChI=1S/C14H25N3/c1-5-8-15-11-13-7-9-16-14(10-13)17(6-2)12(3)4/h7,9-10,12,15H,5-6,8,11H2,1-4H3. The summed E-state index contributed by atoms with van der Waals surface area (Å²) >= 11 is 0. The summed E-state index contributed by atoms with van der Waals surface area (Å²) in [5.41, 5.74) is 1.31. The molecule has 3 heteroatoms. The van der Waals surface area contributed by atoms with Crippen molar-refractivity contribution in [3.8, 4) is 0 Å². The highest BCUT2D eigenvalue weighted by atomic mass is 15.2. The molecular weight excluding hydrogens is 210 g/mol. The lowest BCUT2D eigenvalue weighted by Crippen LogP contribution is -2.31. The molecule has 0 saturated carbocycles. The van der Waals surface area contributed by atoms with Crippen molar-refractivity contribution in [1.29, 1.82) is 0 Å². The molecule has 1 aromatic heterocycles. The molecule has 0 aliphatic carbocycles. The van der Waals surface area contributed by atoms with Gasteiger partial charge in [-0.2, -0.15) is 0 Å². The molecule has 1 heterocycles. The Balaban J connectivity index is 2.70. The number of nitrogens with one attached hydrogen (secondary N) is 1. The van der Waals surface area contributed by atoms with Crippen LogP contribution >= 0.6 is 0 Å². The van der Waals surface area contributed by atoms with E-state index < -0.39 is 0 Å². The van der Waals surface area contributed by atoms with Gasteiger partial charge in [-0.15, -0.1) is 0 Å². The van der Waals surface area contributed by atoms with Crippen molar-refractivity contribution in [2.24, 2.45) is 0 Å². The fourth-order valence-electron chi connectivity index (χ4n) is 1.93. The van der Waals surface area contributed by atoms with Crippen LogP contribution in [0.5, 0.6) is 0 Å². The van der Waals surface area contributed by atoms with Crippen molar-refractivity contribution in [3.63, 3.8) is 0 Å². The largest absolute Gasteiger partial charge is 0.354 e. The van der Waals surface area contributed by atoms with Gasteiger partial charge < -0.3 is 10.2 Å². The molecular formula is C14H25N3. The molecule has 96 valence electrons. The zero-order chi connectivity index (χ0) is 12.7. The Morgan fingerprint density at radius 2 is 2.12 bits per heavy atom. The summed E-state index contributed by atoms with van der Waals surface area (Å²) in [7, 11) is 0. The normalized spacial score (nSPS) is 10.9. The Bertz CT molecular complexity index is 323. The lowest BCUT2D eigenvalue weighted by atomic mass is 10.2. The van der Waals surface area contributed by atoms with Gasteiger partial charge in [-0.05, 0) is 51.4 Å². The van der Waals surface area contributed by atoms with E-state index in [9.17, 15) is 0 Å². The third-order valence-corrected chi connectivity index (χ3v) is 2.82. The SMILES string of the molecule is CCCNCc1ccnc(N(CC)C(C)C)c1. The topological polar surface area (TPSA) is 28.2 Å². The highest BCUT2D eigenvalue weighted by Gasteiger charge is 2.09. The first-order valence-corrected chi connectivity index (χ1v) is 6.61. The number of aromatic nitrogens is 1. The van der Waals surface area contributed by atoms with Crippen molar-refractivity contribution in [2.75, 3.05) is 18.0 Å². The number of pyridine rings is 1. The number of rotatable bonds is 7. The highest BCUT2D eigenvalue weighted by molar-refractivity contribution is 5.41. The quantitative estimate of drug-likeness (QED) is 0.737. The maximum Gasteiger partial charge on any atom is 0.129 e. The number of nitrogens with zero attached hydrogens (tertiary/aromatic N) is 2. The van der Waals surface area contributed by atoms with E-state index in [1.165, 1.54) is 12.0 Å². The van der Waals surface area contributed by atoms with Crippen molar-refractivity contribution in [2.45, 2.75) is 46.7 Å². The van der Waals surface area contributed by atoms with Gasteiger partial charge in [0, 0.05) is 25.3 Å². The first-order valence-electron chi connectivity index (χ1n) is 6.61. The van der Waals surface area contributed by atoms with Gasteiger partial charge in [0.15, 0.2) is 0 Å². The molecule has 1 N–H and O–H groups in total. The second kappa shape index (κ2) is 7.28. The van der Waals surface area contributed by atoms with E-state index in [0.717, 1.165) is 25.5 Å². The zero-order valence-electron chi connectivity index (χ0n) is 11.5. The molecule has 0 aliphatic rings. The average Bonchev–Trinajstić information content (AvgIpc) is 2.30. The van der Waals surface area contributed by atoms with Gasteiger partial charge in [0.05, 0.1) is 0 Å². The minimum Gasteiger partial charge on any atom is -0.354 e. The summed E-state index contributed by atoms with van der Waals surface area (Å²) in [5.74, 6) is 1.08. The fraction of sp³-hybridized carbons (Fsp3) is 0.643. The molecule has 0 saturated heterocycles. The molecule has 1 rings (SSSR count). The van der Waals surface area contributed by atoms with Gasteiger partial charge in [-0.25, -0.2) is 4.98 Å². The molecule has 0 radical (unpaired) electrons. The Morgan fingerprint density at radius 1 is 1.35 bits per heavy atom. The smallest absolute Gasteiger partial charge is 0.129 e. The van der Waals surface area contributed by atoms with E-state index in [-0.39, 0.29) is 0 Å². The van der Waals surface area contributed by atoms with E-state index in [0.29, 0.717) is 6.04 Å². The Hall–Kier alpha value is -1.09. The molecule has 0 aromatic carbocycles. The van der Waals surface area contributed by atoms with Crippen LogP contribution in [0.3, 0.4) is 0 Å². The minimum atomic E-state index is 0.492. The van der Waals surface area contributed by atoms with Gasteiger partial charge in [-0.3, -0.25) is 0 Å². The molecule has 0 atom stereocenters. The van der Waals surface area contributed by atoms with E-state index in [4.69, 9.17) is 0 Å². The summed E-state index contributed by atoms with van der Waals surface area (Å²) in [5, 5.41) is 3.42. The van der Waals surface area contributed by atoms with E-state index >= 15 is 0 Å². The second-order valence-electron chi connectivity index (χ2n) is 4.58. The Labute approximate surface area is 105 Å². The van der Waals surface area contributed by atoms with Gasteiger partial charge in [0.25, 0.3) is 0 Å². The molecule has 3 nitrogen and oxygen atoms in total. The Morgan fingerprint density at radius 3 is 2.71 bits per heavy atom. The summed E-state index contributed by atoms with van der Waals surface area (Å²) in [6, 6.07) is 4.76. The molecule has 0 spiro atoms. The number of hydrogen-bond donors (Lipinski definition) is 1. The van der Waals surface area contributed by atoms with Crippen molar-refractivity contribution < 1.29 is 0 Å². The molecule has 0 aliphatic heterocycles. The predicted octanol–water partition coefficient (Wildman–Crippen LogP) is 2.82. The lowest BCUT2D eigenvalue weighted by molar-refractivity contribution is 0.669. The van der Waals surface area contributed by atoms with Crippen LogP contribution in [-0.2, 0) is 6.54 Å². The van der Waals surface area contributed by atoms with Gasteiger partial charge in [0.2, 0.25) is 0 Å². The maximum absolute atomic E-state index is 4.46. The van der Waals surface area contributed by atoms with Crippen molar-refractivity contribution in [3.05, 3.63) is 23.9 Å². The van der Waals surface area contributed by atoms with Crippen LogP contribution in [0.2, 0.25) is 0 Å². The molecule has 0 amide bonds. The minimum absolute atomic E-state index is 0.492. The van der Waals surface area contributed by atoms with E-state index in [1.807, 2.05) is 6.20 Å². The van der Waals surface area contributed by atoms with Crippen LogP contribution in [0.4, 0.5) is 5.82 Å². The molecule has 1 aromatic rings. The average molecular weight is 235 g/mol. The summed E-state index contributed by atoms with van der Waals surface area (Å²) in [6.07, 6.45) is 3.08. The highest BCUT2D eigenvalue weighted by Crippen LogP contribution is 2.15. The molecule has 0 bridgehead atoms. The van der Waals surface area contributed by atoms with Gasteiger partial charge in [-0.1, -0.05) is 6.92 Å². The van der Waals surface area contributed by atoms with Crippen molar-refractivity contribution >= 4 is 5.82 Å². The van der Waals surface area contributed by atoms with Gasteiger partial charge in [0.1, 0.15) is 5.82 Å². The predicted molar refractivity (Wildman–Crippen MR) is 74.4 cm³/mol. The molecule has 0 fully saturated rings. The summed E-state index contributed by atoms with van der Waals surface area (Å²) < 4.78 is 0. The van der Waals surface area contributed by atoms with Crippen LogP contribution in [0.25, 0.3) is 0 Å². The maximum atomic E-state index is 4.46. The molecule has 17 heavy (non-hydrogen) atoms. The molecule has 0 unspecified atom stereocenters. The van der Waals surface area contributed by atoms with E-state index in [1.54, 1.807) is 0 Å². The van der Waals surface area contributed by atoms with Crippen LogP contribution in [0, 0.1) is 0 Å². The summed E-state index contributed by atoms with van der Waals surface area (Å²) in [4.78, 5) is 6.77. The summed E-state index contributed by atoms with van der Waals surface area (Å²) in [6.45, 7) is 11.8. The van der Waals surface area contributed by atoms with Crippen LogP contribution < -0.4 is 10.2 Å². The van der Waals surface area contributed by atoms with E-state index in [2.05, 4.69) is 55.0 Å². The number of anilines is 1. The third-order valence-electron chi connectivity index (χ3n) is 2.82. The Kier molecular flexibility index (Phi) is 5.98. The van der Waals surface area contributed by atoms with Crippen LogP contribution in [-0.4, -0.2) is 24.1 Å². The van der Waals surface area contributed by atoms with Gasteiger partial charge >= 0.3 is 0 Å². The van der Waals surface area contributed by atoms with Crippen LogP contribution in [0.15, 0.2) is 18.3 Å². The third kappa shape index (κ3) is 4.35. The number of hydrogen-bond acceptors (Lipinski definition) is 3. The lowest BCUT2D eigenvalue weighted by Gasteiger charge is -2.26. The van der Waals surface area contributed by atoms with Crippen molar-refractivity contribution in [1.82, 2.24) is 10.3 Å². The second-order valence-corrected chi connectivity index (χ2v) is 4.58.